The minimum Gasteiger partial charge on any atom is -0.493 e. The number of hydrogen-bond acceptors (Lipinski definition) is 14. The van der Waals surface area contributed by atoms with Gasteiger partial charge in [-0.3, -0.25) is 19.2 Å². The molecule has 4 amide bonds. The number of ether oxygens (including phenoxy) is 4. The van der Waals surface area contributed by atoms with Crippen LogP contribution in [0, 0.1) is 18.3 Å². The lowest BCUT2D eigenvalue weighted by Crippen LogP contribution is -2.58. The van der Waals surface area contributed by atoms with Crippen LogP contribution in [-0.4, -0.2) is 140 Å². The van der Waals surface area contributed by atoms with Crippen molar-refractivity contribution in [2.24, 2.45) is 11.3 Å². The minimum absolute atomic E-state index is 0.00185. The van der Waals surface area contributed by atoms with E-state index in [4.69, 9.17) is 18.9 Å². The van der Waals surface area contributed by atoms with Crippen LogP contribution in [0.1, 0.15) is 89.7 Å². The summed E-state index contributed by atoms with van der Waals surface area (Å²) in [6.45, 7) is 12.1. The van der Waals surface area contributed by atoms with Crippen LogP contribution in [0.2, 0.25) is 0 Å². The van der Waals surface area contributed by atoms with E-state index in [0.29, 0.717) is 70.9 Å². The quantitative estimate of drug-likeness (QED) is 0.0316. The second-order valence-electron chi connectivity index (χ2n) is 19.9. The Kier molecular flexibility index (Phi) is 22.7. The van der Waals surface area contributed by atoms with E-state index in [1.165, 1.54) is 15.3 Å². The number of carbonyl (C=O) groups excluding carboxylic acids is 4. The molecular weight excluding hydrogens is 1020 g/mol. The summed E-state index contributed by atoms with van der Waals surface area (Å²) in [6.07, 6.45) is 7.99. The van der Waals surface area contributed by atoms with Gasteiger partial charge in [0.1, 0.15) is 30.3 Å². The van der Waals surface area contributed by atoms with Crippen LogP contribution in [-0.2, 0) is 39.9 Å². The van der Waals surface area contributed by atoms with Gasteiger partial charge in [0, 0.05) is 108 Å². The molecule has 398 valence electrons. The van der Waals surface area contributed by atoms with Crippen LogP contribution in [0.4, 0.5) is 17.5 Å². The number of hydrogen-bond donors (Lipinski definition) is 5. The van der Waals surface area contributed by atoms with Crippen molar-refractivity contribution in [3.63, 3.8) is 0 Å². The number of rotatable bonds is 30. The molecule has 6 rings (SSSR count). The molecular formula is C54H75BrN8O9S. The number of aliphatic hydroxyl groups is 1. The maximum Gasteiger partial charge on any atom is 0.246 e. The van der Waals surface area contributed by atoms with Crippen molar-refractivity contribution >= 4 is 68.3 Å². The summed E-state index contributed by atoms with van der Waals surface area (Å²) in [7, 11) is 1.88. The Morgan fingerprint density at radius 1 is 0.932 bits per heavy atom. The van der Waals surface area contributed by atoms with Gasteiger partial charge in [-0.2, -0.15) is 4.98 Å². The number of thiophene rings is 1. The zero-order valence-electron chi connectivity index (χ0n) is 43.1. The first-order valence-corrected chi connectivity index (χ1v) is 27.3. The predicted octanol–water partition coefficient (Wildman–Crippen LogP) is 7.88. The Bertz CT molecular complexity index is 2380. The molecule has 0 unspecified atom stereocenters. The van der Waals surface area contributed by atoms with E-state index in [1.807, 2.05) is 81.2 Å². The molecule has 1 saturated carbocycles. The third-order valence-electron chi connectivity index (χ3n) is 12.8. The molecule has 2 aromatic carbocycles. The number of benzene rings is 2. The number of halogens is 1. The molecule has 19 heteroatoms. The van der Waals surface area contributed by atoms with Crippen LogP contribution >= 0.6 is 27.3 Å². The largest absolute Gasteiger partial charge is 0.493 e. The van der Waals surface area contributed by atoms with Crippen molar-refractivity contribution < 1.29 is 43.2 Å². The number of unbranched alkanes of at least 4 members (excludes halogenated alkanes) is 1. The summed E-state index contributed by atoms with van der Waals surface area (Å²) in [6, 6.07) is 16.0. The number of aliphatic hydroxyl groups excluding tert-OH is 1. The highest BCUT2D eigenvalue weighted by Gasteiger charge is 2.44. The highest BCUT2D eigenvalue weighted by molar-refractivity contribution is 9.10. The van der Waals surface area contributed by atoms with Crippen molar-refractivity contribution in [2.75, 3.05) is 83.6 Å². The lowest BCUT2D eigenvalue weighted by atomic mass is 9.84. The Morgan fingerprint density at radius 2 is 1.64 bits per heavy atom. The predicted molar refractivity (Wildman–Crippen MR) is 288 cm³/mol. The number of aryl methyl sites for hydroxylation is 1. The van der Waals surface area contributed by atoms with Gasteiger partial charge in [0.2, 0.25) is 29.6 Å². The molecule has 4 aromatic rings. The number of aromatic nitrogens is 2. The van der Waals surface area contributed by atoms with Crippen LogP contribution in [0.3, 0.4) is 0 Å². The summed E-state index contributed by atoms with van der Waals surface area (Å²) in [5, 5.41) is 25.0. The maximum absolute atomic E-state index is 14.0. The first-order chi connectivity index (χ1) is 35.2. The molecule has 73 heavy (non-hydrogen) atoms. The molecule has 17 nitrogen and oxygen atoms in total. The Labute approximate surface area is 443 Å². The van der Waals surface area contributed by atoms with Crippen LogP contribution in [0.5, 0.6) is 5.75 Å². The van der Waals surface area contributed by atoms with Crippen molar-refractivity contribution in [1.29, 1.82) is 0 Å². The maximum atomic E-state index is 14.0. The van der Waals surface area contributed by atoms with Crippen LogP contribution in [0.15, 0.2) is 70.6 Å². The van der Waals surface area contributed by atoms with E-state index in [9.17, 15) is 24.3 Å². The van der Waals surface area contributed by atoms with Gasteiger partial charge in [0.15, 0.2) is 0 Å². The molecule has 3 atom stereocenters. The number of β-amino-alcohol motifs (C(OH)–C–C–N with tert-alkyl or cyclic N) is 1. The van der Waals surface area contributed by atoms with Crippen molar-refractivity contribution in [3.05, 3.63) is 81.8 Å². The Hall–Kier alpha value is -5.18. The van der Waals surface area contributed by atoms with E-state index in [1.54, 1.807) is 17.5 Å². The van der Waals surface area contributed by atoms with Crippen molar-refractivity contribution in [2.45, 2.75) is 110 Å². The number of nitrogens with one attached hydrogen (secondary N) is 4. The molecule has 0 spiro atoms. The zero-order valence-corrected chi connectivity index (χ0v) is 45.5. The summed E-state index contributed by atoms with van der Waals surface area (Å²) >= 11 is 5.22. The standard InChI is InChI=1S/C54H75BrN8O9S/c1-37-21-30-73-47(37)39-19-17-38(18-20-39)33-57-50(66)45-32-42(64)35-63(45)52(68)48(54(2,3)4)60-46(65)36-71-28-11-26-69-24-6-7-25-70-27-12-29-72-43-16-9-15-41(31-43)59-53-58-34-44(55)49(61-53)56-22-10-23-62(5)51(67)40-13-8-14-40/h9,15-21,30-31,34,40,42,45,48,64H,6-8,10-14,22-29,32-33,35-36H2,1-5H3,(H,57,66)(H,60,65)(H2,56,58,59,61)/t42-,45+,48-/m1/s1. The number of carbonyl (C=O) groups is 4. The summed E-state index contributed by atoms with van der Waals surface area (Å²) < 4.78 is 23.9. The Morgan fingerprint density at radius 3 is 2.33 bits per heavy atom. The number of likely N-dealkylation sites (tertiary alicyclic amines) is 1. The molecule has 3 heterocycles. The van der Waals surface area contributed by atoms with Crippen LogP contribution in [0.25, 0.3) is 10.4 Å². The third kappa shape index (κ3) is 18.3. The van der Waals surface area contributed by atoms with Gasteiger partial charge < -0.3 is 55.1 Å². The molecule has 1 saturated heterocycles. The van der Waals surface area contributed by atoms with E-state index >= 15 is 0 Å². The van der Waals surface area contributed by atoms with Gasteiger partial charge in [0.25, 0.3) is 0 Å². The molecule has 0 bridgehead atoms. The lowest BCUT2D eigenvalue weighted by molar-refractivity contribution is -0.144. The van der Waals surface area contributed by atoms with Gasteiger partial charge in [0.05, 0.1) is 17.2 Å². The summed E-state index contributed by atoms with van der Waals surface area (Å²) in [5.74, 6) is 1.10. The molecule has 0 radical (unpaired) electrons. The monoisotopic (exact) mass is 1090 g/mol. The van der Waals surface area contributed by atoms with E-state index < -0.39 is 35.4 Å². The van der Waals surface area contributed by atoms with Crippen LogP contribution < -0.4 is 26.0 Å². The molecule has 1 aliphatic heterocycles. The van der Waals surface area contributed by atoms with Crippen molar-refractivity contribution in [3.8, 4) is 16.2 Å². The third-order valence-corrected chi connectivity index (χ3v) is 14.4. The summed E-state index contributed by atoms with van der Waals surface area (Å²) in [5.41, 5.74) is 3.38. The SMILES string of the molecule is Cc1ccsc1-c1ccc(CNC(=O)[C@@H]2C[C@@H](O)CN2C(=O)[C@@H](NC(=O)COCCCOCCCCOCCCOc2cccc(Nc3ncc(Br)c(NCCCN(C)C(=O)C4CCC4)n3)c2)C(C)(C)C)cc1. The van der Waals surface area contributed by atoms with E-state index in [0.717, 1.165) is 72.0 Å². The van der Waals surface area contributed by atoms with E-state index in [2.05, 4.69) is 65.5 Å². The fourth-order valence-corrected chi connectivity index (χ4v) is 9.67. The number of amides is 4. The minimum atomic E-state index is -0.937. The van der Waals surface area contributed by atoms with Gasteiger partial charge in [-0.25, -0.2) is 4.98 Å². The highest BCUT2D eigenvalue weighted by atomic mass is 79.9. The normalized spacial score (nSPS) is 16.1. The first kappa shape index (κ1) is 57.1. The average Bonchev–Trinajstić information content (AvgIpc) is 3.97. The number of anilines is 3. The lowest BCUT2D eigenvalue weighted by Gasteiger charge is -2.35. The molecule has 5 N–H and O–H groups in total. The van der Waals surface area contributed by atoms with Gasteiger partial charge in [-0.05, 0) is 107 Å². The van der Waals surface area contributed by atoms with E-state index in [-0.39, 0.29) is 43.8 Å². The second-order valence-corrected chi connectivity index (χ2v) is 21.6. The van der Waals surface area contributed by atoms with Gasteiger partial charge in [-0.15, -0.1) is 11.3 Å². The smallest absolute Gasteiger partial charge is 0.246 e. The molecule has 2 fully saturated rings. The topological polar surface area (TPSA) is 206 Å². The van der Waals surface area contributed by atoms with Crippen molar-refractivity contribution in [1.82, 2.24) is 30.4 Å². The fourth-order valence-electron chi connectivity index (χ4n) is 8.41. The Balaban J connectivity index is 0.774. The molecule has 2 aromatic heterocycles. The van der Waals surface area contributed by atoms with Gasteiger partial charge >= 0.3 is 0 Å². The average molecular weight is 1090 g/mol. The highest BCUT2D eigenvalue weighted by Crippen LogP contribution is 2.31. The zero-order chi connectivity index (χ0) is 52.2. The first-order valence-electron chi connectivity index (χ1n) is 25.6. The second kappa shape index (κ2) is 29.1. The molecule has 2 aliphatic rings. The fraction of sp³-hybridized carbons (Fsp3) is 0.556. The summed E-state index contributed by atoms with van der Waals surface area (Å²) in [4.78, 5) is 66.3. The molecule has 1 aliphatic carbocycles. The van der Waals surface area contributed by atoms with Gasteiger partial charge in [-0.1, -0.05) is 57.5 Å². The number of nitrogens with zero attached hydrogens (tertiary/aromatic N) is 4.